The van der Waals surface area contributed by atoms with E-state index in [0.29, 0.717) is 11.3 Å². The minimum atomic E-state index is -2.85. The summed E-state index contributed by atoms with van der Waals surface area (Å²) in [6, 6.07) is 9.05. The molecule has 3 aromatic rings. The summed E-state index contributed by atoms with van der Waals surface area (Å²) in [7, 11) is 0. The van der Waals surface area contributed by atoms with Gasteiger partial charge in [0.25, 0.3) is 5.89 Å². The van der Waals surface area contributed by atoms with Crippen LogP contribution in [0.1, 0.15) is 23.6 Å². The highest BCUT2D eigenvalue weighted by atomic mass is 19.3. The third-order valence-corrected chi connectivity index (χ3v) is 3.16. The van der Waals surface area contributed by atoms with Gasteiger partial charge in [0.2, 0.25) is 5.89 Å². The number of nitrogens with zero attached hydrogens (tertiary/aromatic N) is 4. The molecule has 126 valence electrons. The fourth-order valence-corrected chi connectivity index (χ4v) is 1.94. The number of benzene rings is 1. The summed E-state index contributed by atoms with van der Waals surface area (Å²) in [6.07, 6.45) is -1.50. The number of ether oxygens (including phenoxy) is 1. The van der Waals surface area contributed by atoms with E-state index in [1.165, 1.54) is 30.5 Å². The summed E-state index contributed by atoms with van der Waals surface area (Å²) in [5, 5.41) is 15.5. The van der Waals surface area contributed by atoms with Gasteiger partial charge in [0.1, 0.15) is 12.7 Å². The minimum Gasteiger partial charge on any atom is -0.484 e. The Kier molecular flexibility index (Phi) is 4.61. The van der Waals surface area contributed by atoms with Crippen molar-refractivity contribution in [3.05, 3.63) is 59.5 Å². The highest BCUT2D eigenvalue weighted by Gasteiger charge is 2.17. The molecule has 0 atom stereocenters. The van der Waals surface area contributed by atoms with E-state index in [1.807, 2.05) is 0 Å². The maximum absolute atomic E-state index is 13.9. The second-order valence-corrected chi connectivity index (χ2v) is 4.80. The summed E-state index contributed by atoms with van der Waals surface area (Å²) in [6.45, 7) is -0.0435. The molecular formula is C16H9F3N4O2. The number of aromatic nitrogens is 3. The van der Waals surface area contributed by atoms with Gasteiger partial charge in [-0.1, -0.05) is 6.07 Å². The fourth-order valence-electron chi connectivity index (χ4n) is 1.94. The van der Waals surface area contributed by atoms with E-state index in [0.717, 1.165) is 0 Å². The van der Waals surface area contributed by atoms with Gasteiger partial charge in [-0.3, -0.25) is 4.98 Å². The summed E-state index contributed by atoms with van der Waals surface area (Å²) < 4.78 is 48.9. The van der Waals surface area contributed by atoms with Gasteiger partial charge in [0.05, 0.1) is 16.8 Å². The van der Waals surface area contributed by atoms with Gasteiger partial charge in [-0.05, 0) is 24.3 Å². The first-order chi connectivity index (χ1) is 12.1. The Morgan fingerprint density at radius 1 is 1.20 bits per heavy atom. The molecule has 9 heteroatoms. The van der Waals surface area contributed by atoms with E-state index < -0.39 is 18.1 Å². The van der Waals surface area contributed by atoms with Crippen molar-refractivity contribution in [3.63, 3.8) is 0 Å². The number of hydrogen-bond acceptors (Lipinski definition) is 6. The van der Waals surface area contributed by atoms with Gasteiger partial charge in [-0.25, -0.2) is 4.39 Å². The first-order valence-electron chi connectivity index (χ1n) is 6.96. The van der Waals surface area contributed by atoms with Gasteiger partial charge < -0.3 is 9.15 Å². The van der Waals surface area contributed by atoms with Gasteiger partial charge >= 0.3 is 6.43 Å². The number of alkyl halides is 2. The fraction of sp³-hybridized carbons (Fsp3) is 0.125. The molecule has 2 heterocycles. The summed E-state index contributed by atoms with van der Waals surface area (Å²) in [5.74, 6) is -1.66. The highest BCUT2D eigenvalue weighted by molar-refractivity contribution is 5.50. The van der Waals surface area contributed by atoms with Crippen LogP contribution in [0.15, 0.2) is 40.9 Å². The quantitative estimate of drug-likeness (QED) is 0.701. The van der Waals surface area contributed by atoms with Crippen LogP contribution >= 0.6 is 0 Å². The molecule has 25 heavy (non-hydrogen) atoms. The molecule has 6 nitrogen and oxygen atoms in total. The molecule has 0 aliphatic carbocycles. The maximum atomic E-state index is 13.9. The van der Waals surface area contributed by atoms with Gasteiger partial charge in [0, 0.05) is 6.20 Å². The molecule has 1 aromatic carbocycles. The van der Waals surface area contributed by atoms with Gasteiger partial charge in [-0.2, -0.15) is 14.0 Å². The molecule has 0 amide bonds. The van der Waals surface area contributed by atoms with Crippen LogP contribution < -0.4 is 4.74 Å². The zero-order valence-electron chi connectivity index (χ0n) is 12.5. The van der Waals surface area contributed by atoms with Crippen LogP contribution in [0.3, 0.4) is 0 Å². The van der Waals surface area contributed by atoms with E-state index >= 15 is 0 Å². The van der Waals surface area contributed by atoms with Crippen molar-refractivity contribution in [1.29, 1.82) is 5.26 Å². The Bertz CT molecular complexity index is 920. The smallest absolute Gasteiger partial charge is 0.314 e. The normalized spacial score (nSPS) is 10.7. The number of rotatable bonds is 5. The lowest BCUT2D eigenvalue weighted by molar-refractivity contribution is 0.116. The van der Waals surface area contributed by atoms with Crippen molar-refractivity contribution in [2.75, 3.05) is 0 Å². The Labute approximate surface area is 139 Å². The predicted octanol–water partition coefficient (Wildman–Crippen LogP) is 3.66. The molecule has 0 aliphatic rings. The zero-order chi connectivity index (χ0) is 17.8. The third kappa shape index (κ3) is 3.58. The van der Waals surface area contributed by atoms with Crippen LogP contribution in [0.25, 0.3) is 11.5 Å². The van der Waals surface area contributed by atoms with Crippen molar-refractivity contribution in [2.45, 2.75) is 13.0 Å². The molecule has 0 unspecified atom stereocenters. The summed E-state index contributed by atoms with van der Waals surface area (Å²) in [5.41, 5.74) is 0.701. The van der Waals surface area contributed by atoms with Gasteiger partial charge in [-0.15, -0.1) is 10.2 Å². The molecule has 0 saturated carbocycles. The van der Waals surface area contributed by atoms with Crippen LogP contribution in [0.2, 0.25) is 0 Å². The Balaban J connectivity index is 1.70. The predicted molar refractivity (Wildman–Crippen MR) is 77.9 cm³/mol. The van der Waals surface area contributed by atoms with E-state index in [4.69, 9.17) is 14.4 Å². The monoisotopic (exact) mass is 346 g/mol. The lowest BCUT2D eigenvalue weighted by atomic mass is 10.2. The first-order valence-corrected chi connectivity index (χ1v) is 6.96. The number of hydrogen-bond donors (Lipinski definition) is 0. The second kappa shape index (κ2) is 7.00. The Hall–Kier alpha value is -3.41. The van der Waals surface area contributed by atoms with Crippen molar-refractivity contribution >= 4 is 0 Å². The largest absolute Gasteiger partial charge is 0.484 e. The lowest BCUT2D eigenvalue weighted by Gasteiger charge is -2.07. The third-order valence-electron chi connectivity index (χ3n) is 3.16. The van der Waals surface area contributed by atoms with Crippen molar-refractivity contribution in [2.24, 2.45) is 0 Å². The van der Waals surface area contributed by atoms with Crippen molar-refractivity contribution in [3.8, 4) is 23.3 Å². The average molecular weight is 346 g/mol. The summed E-state index contributed by atoms with van der Waals surface area (Å²) >= 11 is 0. The van der Waals surface area contributed by atoms with Crippen LogP contribution in [-0.2, 0) is 6.61 Å². The standard InChI is InChI=1S/C16H9F3N4O2/c17-13-9(6-20)2-1-3-12(13)24-8-11-5-4-10(7-21-11)15-22-23-16(25-15)14(18)19/h1-5,7,14H,8H2. The SMILES string of the molecule is N#Cc1cccc(OCc2ccc(-c3nnc(C(F)F)o3)cn2)c1F. The lowest BCUT2D eigenvalue weighted by Crippen LogP contribution is -2.00. The number of pyridine rings is 1. The van der Waals surface area contributed by atoms with Crippen LogP contribution in [0, 0.1) is 17.1 Å². The van der Waals surface area contributed by atoms with E-state index in [9.17, 15) is 13.2 Å². The molecule has 0 N–H and O–H groups in total. The van der Waals surface area contributed by atoms with E-state index in [-0.39, 0.29) is 23.8 Å². The second-order valence-electron chi connectivity index (χ2n) is 4.80. The molecule has 0 fully saturated rings. The van der Waals surface area contributed by atoms with Gasteiger partial charge in [0.15, 0.2) is 11.6 Å². The molecule has 0 aliphatic heterocycles. The van der Waals surface area contributed by atoms with E-state index in [2.05, 4.69) is 15.2 Å². The zero-order valence-corrected chi connectivity index (χ0v) is 12.5. The number of nitriles is 1. The van der Waals surface area contributed by atoms with Crippen molar-refractivity contribution in [1.82, 2.24) is 15.2 Å². The van der Waals surface area contributed by atoms with E-state index in [1.54, 1.807) is 12.1 Å². The topological polar surface area (TPSA) is 84.8 Å². The molecule has 0 bridgehead atoms. The Morgan fingerprint density at radius 3 is 2.68 bits per heavy atom. The molecule has 2 aromatic heterocycles. The van der Waals surface area contributed by atoms with Crippen LogP contribution in [-0.4, -0.2) is 15.2 Å². The minimum absolute atomic E-state index is 0.0435. The molecule has 0 radical (unpaired) electrons. The van der Waals surface area contributed by atoms with Crippen molar-refractivity contribution < 1.29 is 22.3 Å². The highest BCUT2D eigenvalue weighted by Crippen LogP contribution is 2.23. The Morgan fingerprint density at radius 2 is 2.04 bits per heavy atom. The van der Waals surface area contributed by atoms with Crippen LogP contribution in [0.5, 0.6) is 5.75 Å². The molecule has 3 rings (SSSR count). The van der Waals surface area contributed by atoms with Crippen LogP contribution in [0.4, 0.5) is 13.2 Å². The molecular weight excluding hydrogens is 337 g/mol. The molecule has 0 saturated heterocycles. The first kappa shape index (κ1) is 16.4. The maximum Gasteiger partial charge on any atom is 0.314 e. The average Bonchev–Trinajstić information content (AvgIpc) is 3.12. The summed E-state index contributed by atoms with van der Waals surface area (Å²) in [4.78, 5) is 4.07. The molecule has 0 spiro atoms. The number of halogens is 3.